The Kier molecular flexibility index (Phi) is 10.1. The van der Waals surface area contributed by atoms with Gasteiger partial charge >= 0.3 is 0 Å². The van der Waals surface area contributed by atoms with Crippen LogP contribution >= 0.6 is 24.0 Å². The number of aliphatic imine (C=N–C) groups is 1. The lowest BCUT2D eigenvalue weighted by atomic mass is 10.0. The van der Waals surface area contributed by atoms with Crippen LogP contribution in [0.15, 0.2) is 23.2 Å². The third kappa shape index (κ3) is 6.97. The van der Waals surface area contributed by atoms with Crippen molar-refractivity contribution in [3.63, 3.8) is 0 Å². The number of hydrogen-bond acceptors (Lipinski definition) is 2. The minimum Gasteiger partial charge on any atom is -0.505 e. The van der Waals surface area contributed by atoms with E-state index in [1.165, 1.54) is 12.1 Å². The molecular formula is C15H25FIN3O. The normalized spacial score (nSPS) is 11.2. The summed E-state index contributed by atoms with van der Waals surface area (Å²) in [5.41, 5.74) is 0.755. The summed E-state index contributed by atoms with van der Waals surface area (Å²) in [6.45, 7) is 5.67. The summed E-state index contributed by atoms with van der Waals surface area (Å²) in [4.78, 5) is 4.13. The molecule has 0 unspecified atom stereocenters. The van der Waals surface area contributed by atoms with Crippen molar-refractivity contribution in [2.24, 2.45) is 10.9 Å². The minimum absolute atomic E-state index is 0. The van der Waals surface area contributed by atoms with Gasteiger partial charge in [-0.05, 0) is 23.6 Å². The fraction of sp³-hybridized carbons (Fsp3) is 0.533. The zero-order chi connectivity index (χ0) is 15.0. The van der Waals surface area contributed by atoms with Gasteiger partial charge in [-0.15, -0.1) is 24.0 Å². The zero-order valence-corrected chi connectivity index (χ0v) is 15.1. The quantitative estimate of drug-likeness (QED) is 0.384. The average Bonchev–Trinajstić information content (AvgIpc) is 2.46. The van der Waals surface area contributed by atoms with Crippen LogP contribution in [0, 0.1) is 11.7 Å². The first-order valence-corrected chi connectivity index (χ1v) is 7.02. The maximum Gasteiger partial charge on any atom is 0.191 e. The molecule has 1 aromatic rings. The molecule has 0 atom stereocenters. The molecule has 0 bridgehead atoms. The molecule has 6 heteroatoms. The lowest BCUT2D eigenvalue weighted by molar-refractivity contribution is 0.431. The number of hydrogen-bond donors (Lipinski definition) is 3. The number of benzene rings is 1. The van der Waals surface area contributed by atoms with Crippen LogP contribution in [-0.2, 0) is 6.54 Å². The molecule has 0 fully saturated rings. The van der Waals surface area contributed by atoms with Crippen molar-refractivity contribution in [2.45, 2.75) is 33.2 Å². The molecule has 0 heterocycles. The molecule has 0 aliphatic heterocycles. The van der Waals surface area contributed by atoms with E-state index in [1.807, 2.05) is 0 Å². The van der Waals surface area contributed by atoms with Crippen molar-refractivity contribution in [3.05, 3.63) is 29.6 Å². The number of phenols is 1. The SMILES string of the molecule is CCC(CC)CNC(=NC)NCc1ccc(O)c(F)c1.I. The van der Waals surface area contributed by atoms with Gasteiger partial charge in [0, 0.05) is 20.1 Å². The number of halogens is 2. The lowest BCUT2D eigenvalue weighted by Gasteiger charge is -2.16. The Morgan fingerprint density at radius 3 is 2.48 bits per heavy atom. The molecule has 0 aliphatic carbocycles. The molecule has 120 valence electrons. The first kappa shape index (κ1) is 19.9. The van der Waals surface area contributed by atoms with Crippen LogP contribution in [0.5, 0.6) is 5.75 Å². The highest BCUT2D eigenvalue weighted by molar-refractivity contribution is 14.0. The summed E-state index contributed by atoms with van der Waals surface area (Å²) in [7, 11) is 1.71. The summed E-state index contributed by atoms with van der Waals surface area (Å²) >= 11 is 0. The molecule has 0 saturated heterocycles. The van der Waals surface area contributed by atoms with E-state index in [-0.39, 0.29) is 29.7 Å². The lowest BCUT2D eigenvalue weighted by Crippen LogP contribution is -2.39. The predicted octanol–water partition coefficient (Wildman–Crippen LogP) is 3.25. The Hall–Kier alpha value is -1.05. The van der Waals surface area contributed by atoms with E-state index in [4.69, 9.17) is 5.11 Å². The van der Waals surface area contributed by atoms with E-state index < -0.39 is 5.82 Å². The van der Waals surface area contributed by atoms with Crippen LogP contribution in [0.25, 0.3) is 0 Å². The van der Waals surface area contributed by atoms with E-state index in [0.29, 0.717) is 18.4 Å². The fourth-order valence-electron chi connectivity index (χ4n) is 1.89. The monoisotopic (exact) mass is 409 g/mol. The van der Waals surface area contributed by atoms with Crippen molar-refractivity contribution in [1.29, 1.82) is 0 Å². The van der Waals surface area contributed by atoms with Crippen LogP contribution in [0.4, 0.5) is 4.39 Å². The molecule has 0 aliphatic rings. The number of phenolic OH excluding ortho intramolecular Hbond substituents is 1. The van der Waals surface area contributed by atoms with E-state index >= 15 is 0 Å². The van der Waals surface area contributed by atoms with E-state index in [9.17, 15) is 4.39 Å². The molecule has 0 amide bonds. The van der Waals surface area contributed by atoms with Gasteiger partial charge in [-0.1, -0.05) is 32.8 Å². The third-order valence-corrected chi connectivity index (χ3v) is 3.41. The molecule has 4 nitrogen and oxygen atoms in total. The van der Waals surface area contributed by atoms with Gasteiger partial charge in [0.05, 0.1) is 0 Å². The second-order valence-electron chi connectivity index (χ2n) is 4.77. The van der Waals surface area contributed by atoms with Crippen molar-refractivity contribution >= 4 is 29.9 Å². The van der Waals surface area contributed by atoms with E-state index in [0.717, 1.165) is 24.9 Å². The second-order valence-corrected chi connectivity index (χ2v) is 4.77. The molecule has 0 saturated carbocycles. The molecule has 0 spiro atoms. The molecule has 0 aromatic heterocycles. The molecule has 3 N–H and O–H groups in total. The number of nitrogens with one attached hydrogen (secondary N) is 2. The number of nitrogens with zero attached hydrogens (tertiary/aromatic N) is 1. The highest BCUT2D eigenvalue weighted by Gasteiger charge is 2.06. The zero-order valence-electron chi connectivity index (χ0n) is 12.8. The standard InChI is InChI=1S/C15H24FN3O.HI/c1-4-11(5-2)9-18-15(17-3)19-10-12-6-7-14(20)13(16)8-12;/h6-8,11,20H,4-5,9-10H2,1-3H3,(H2,17,18,19);1H. The number of rotatable bonds is 6. The molecule has 0 radical (unpaired) electrons. The molecule has 21 heavy (non-hydrogen) atoms. The van der Waals surface area contributed by atoms with E-state index in [2.05, 4.69) is 29.5 Å². The van der Waals surface area contributed by atoms with Crippen molar-refractivity contribution in [2.75, 3.05) is 13.6 Å². The fourth-order valence-corrected chi connectivity index (χ4v) is 1.89. The van der Waals surface area contributed by atoms with Crippen molar-refractivity contribution in [3.8, 4) is 5.75 Å². The van der Waals surface area contributed by atoms with Crippen LogP contribution in [0.2, 0.25) is 0 Å². The van der Waals surface area contributed by atoms with Gasteiger partial charge in [0.25, 0.3) is 0 Å². The van der Waals surface area contributed by atoms with Crippen LogP contribution in [-0.4, -0.2) is 24.7 Å². The summed E-state index contributed by atoms with van der Waals surface area (Å²) in [6.07, 6.45) is 2.26. The molecule has 1 rings (SSSR count). The number of guanidine groups is 1. The Balaban J connectivity index is 0.00000400. The molecular weight excluding hydrogens is 384 g/mol. The first-order chi connectivity index (χ1) is 9.60. The highest BCUT2D eigenvalue weighted by Crippen LogP contribution is 2.15. The van der Waals surface area contributed by atoms with Crippen molar-refractivity contribution in [1.82, 2.24) is 10.6 Å². The Morgan fingerprint density at radius 1 is 1.29 bits per heavy atom. The average molecular weight is 409 g/mol. The Morgan fingerprint density at radius 2 is 1.95 bits per heavy atom. The van der Waals surface area contributed by atoms with Crippen molar-refractivity contribution < 1.29 is 9.50 Å². The smallest absolute Gasteiger partial charge is 0.191 e. The van der Waals surface area contributed by atoms with Gasteiger partial charge in [-0.25, -0.2) is 4.39 Å². The van der Waals surface area contributed by atoms with Gasteiger partial charge in [0.15, 0.2) is 17.5 Å². The Bertz CT molecular complexity index is 451. The summed E-state index contributed by atoms with van der Waals surface area (Å²) in [5, 5.41) is 15.5. The van der Waals surface area contributed by atoms with Gasteiger partial charge < -0.3 is 15.7 Å². The Labute approximate surface area is 143 Å². The summed E-state index contributed by atoms with van der Waals surface area (Å²) < 4.78 is 13.2. The van der Waals surface area contributed by atoms with Gasteiger partial charge in [-0.3, -0.25) is 4.99 Å². The van der Waals surface area contributed by atoms with Gasteiger partial charge in [0.1, 0.15) is 0 Å². The maximum absolute atomic E-state index is 13.2. The highest BCUT2D eigenvalue weighted by atomic mass is 127. The third-order valence-electron chi connectivity index (χ3n) is 3.41. The summed E-state index contributed by atoms with van der Waals surface area (Å²) in [5.74, 6) is 0.388. The minimum atomic E-state index is -0.607. The van der Waals surface area contributed by atoms with Crippen LogP contribution in [0.1, 0.15) is 32.3 Å². The van der Waals surface area contributed by atoms with Gasteiger partial charge in [-0.2, -0.15) is 0 Å². The second kappa shape index (κ2) is 10.6. The largest absolute Gasteiger partial charge is 0.505 e. The maximum atomic E-state index is 13.2. The first-order valence-electron chi connectivity index (χ1n) is 7.02. The van der Waals surface area contributed by atoms with Crippen LogP contribution in [0.3, 0.4) is 0 Å². The van der Waals surface area contributed by atoms with E-state index in [1.54, 1.807) is 13.1 Å². The topological polar surface area (TPSA) is 56.7 Å². The predicted molar refractivity (Wildman–Crippen MR) is 95.8 cm³/mol. The van der Waals surface area contributed by atoms with Crippen LogP contribution < -0.4 is 10.6 Å². The molecule has 1 aromatic carbocycles. The van der Waals surface area contributed by atoms with Gasteiger partial charge in [0.2, 0.25) is 0 Å². The number of aromatic hydroxyl groups is 1. The summed E-state index contributed by atoms with van der Waals surface area (Å²) in [6, 6.07) is 4.35.